The third kappa shape index (κ3) is 4.91. The number of benzene rings is 1. The average molecular weight is 315 g/mol. The highest BCUT2D eigenvalue weighted by Crippen LogP contribution is 2.17. The van der Waals surface area contributed by atoms with Gasteiger partial charge in [0.15, 0.2) is 0 Å². The smallest absolute Gasteiger partial charge is 0.227 e. The molecule has 1 heterocycles. The molecule has 23 heavy (non-hydrogen) atoms. The largest absolute Gasteiger partial charge is 0.353 e. The van der Waals surface area contributed by atoms with E-state index in [-0.39, 0.29) is 11.9 Å². The molecule has 0 aliphatic rings. The number of nitrogens with zero attached hydrogens (tertiary/aromatic N) is 2. The zero-order valence-corrected chi connectivity index (χ0v) is 14.1. The van der Waals surface area contributed by atoms with Crippen LogP contribution in [0.1, 0.15) is 51.5 Å². The summed E-state index contributed by atoms with van der Waals surface area (Å²) < 4.78 is 5.24. The van der Waals surface area contributed by atoms with E-state index in [0.717, 1.165) is 24.8 Å². The number of hydrogen-bond donors (Lipinski definition) is 1. The molecule has 0 aliphatic carbocycles. The maximum atomic E-state index is 11.9. The molecule has 124 valence electrons. The minimum Gasteiger partial charge on any atom is -0.353 e. The molecule has 0 spiro atoms. The predicted molar refractivity (Wildman–Crippen MR) is 89.9 cm³/mol. The number of aromatic nitrogens is 2. The summed E-state index contributed by atoms with van der Waals surface area (Å²) in [6, 6.07) is 8.36. The first kappa shape index (κ1) is 17.2. The fourth-order valence-corrected chi connectivity index (χ4v) is 2.38. The Hall–Kier alpha value is -2.17. The lowest BCUT2D eigenvalue weighted by atomic mass is 10.1. The topological polar surface area (TPSA) is 68.0 Å². The predicted octanol–water partition coefficient (Wildman–Crippen LogP) is 3.54. The Balaban J connectivity index is 1.90. The first-order chi connectivity index (χ1) is 11.2. The van der Waals surface area contributed by atoms with Gasteiger partial charge in [-0.1, -0.05) is 50.2 Å². The Kier molecular flexibility index (Phi) is 6.32. The van der Waals surface area contributed by atoms with Gasteiger partial charge in [0.05, 0.1) is 0 Å². The van der Waals surface area contributed by atoms with Crippen molar-refractivity contribution in [1.29, 1.82) is 0 Å². The second-order valence-corrected chi connectivity index (χ2v) is 5.64. The van der Waals surface area contributed by atoms with Crippen LogP contribution >= 0.6 is 0 Å². The van der Waals surface area contributed by atoms with Gasteiger partial charge in [0.1, 0.15) is 0 Å². The minimum absolute atomic E-state index is 0.0331. The summed E-state index contributed by atoms with van der Waals surface area (Å²) in [6.07, 6.45) is 3.73. The van der Waals surface area contributed by atoms with E-state index in [0.29, 0.717) is 24.6 Å². The fraction of sp³-hybridized carbons (Fsp3) is 0.500. The van der Waals surface area contributed by atoms with Crippen molar-refractivity contribution < 1.29 is 9.32 Å². The van der Waals surface area contributed by atoms with Crippen LogP contribution in [0.25, 0.3) is 11.4 Å². The molecule has 0 fully saturated rings. The Bertz CT molecular complexity index is 615. The summed E-state index contributed by atoms with van der Waals surface area (Å²) in [5.41, 5.74) is 2.20. The van der Waals surface area contributed by atoms with Crippen LogP contribution in [0.3, 0.4) is 0 Å². The molecule has 1 aromatic heterocycles. The van der Waals surface area contributed by atoms with Crippen molar-refractivity contribution in [3.05, 3.63) is 35.7 Å². The number of amides is 1. The van der Waals surface area contributed by atoms with Crippen LogP contribution in [-0.2, 0) is 17.6 Å². The van der Waals surface area contributed by atoms with Crippen molar-refractivity contribution in [1.82, 2.24) is 15.5 Å². The second kappa shape index (κ2) is 8.46. The molecular weight excluding hydrogens is 290 g/mol. The van der Waals surface area contributed by atoms with E-state index >= 15 is 0 Å². The summed E-state index contributed by atoms with van der Waals surface area (Å²) >= 11 is 0. The Labute approximate surface area is 137 Å². The zero-order chi connectivity index (χ0) is 16.7. The van der Waals surface area contributed by atoms with Crippen molar-refractivity contribution in [2.24, 2.45) is 0 Å². The molecule has 5 nitrogen and oxygen atoms in total. The fourth-order valence-electron chi connectivity index (χ4n) is 2.38. The third-order valence-corrected chi connectivity index (χ3v) is 4.01. The highest BCUT2D eigenvalue weighted by Gasteiger charge is 2.12. The summed E-state index contributed by atoms with van der Waals surface area (Å²) in [4.78, 5) is 16.3. The molecule has 5 heteroatoms. The zero-order valence-electron chi connectivity index (χ0n) is 14.1. The Morgan fingerprint density at radius 1 is 1.17 bits per heavy atom. The van der Waals surface area contributed by atoms with E-state index in [4.69, 9.17) is 4.52 Å². The van der Waals surface area contributed by atoms with Crippen LogP contribution in [0.4, 0.5) is 0 Å². The average Bonchev–Trinajstić information content (AvgIpc) is 3.07. The molecule has 1 N–H and O–H groups in total. The SMILES string of the molecule is CCc1ccc(-c2noc(CCC(=O)NC(CC)CC)n2)cc1. The summed E-state index contributed by atoms with van der Waals surface area (Å²) in [7, 11) is 0. The van der Waals surface area contributed by atoms with Gasteiger partial charge in [-0.3, -0.25) is 4.79 Å². The van der Waals surface area contributed by atoms with Crippen molar-refractivity contribution in [3.63, 3.8) is 0 Å². The van der Waals surface area contributed by atoms with E-state index in [1.54, 1.807) is 0 Å². The lowest BCUT2D eigenvalue weighted by molar-refractivity contribution is -0.121. The molecule has 1 aromatic carbocycles. The third-order valence-electron chi connectivity index (χ3n) is 4.01. The molecule has 0 bridgehead atoms. The standard InChI is InChI=1S/C18H25N3O2/c1-4-13-7-9-14(10-8-13)18-20-17(23-21-18)12-11-16(22)19-15(5-2)6-3/h7-10,15H,4-6,11-12H2,1-3H3,(H,19,22). The van der Waals surface area contributed by atoms with Crippen LogP contribution in [-0.4, -0.2) is 22.1 Å². The molecule has 0 saturated carbocycles. The number of aryl methyl sites for hydroxylation is 2. The van der Waals surface area contributed by atoms with Crippen molar-refractivity contribution in [2.75, 3.05) is 0 Å². The monoisotopic (exact) mass is 315 g/mol. The highest BCUT2D eigenvalue weighted by atomic mass is 16.5. The second-order valence-electron chi connectivity index (χ2n) is 5.64. The van der Waals surface area contributed by atoms with Crippen molar-refractivity contribution >= 4 is 5.91 Å². The van der Waals surface area contributed by atoms with E-state index in [2.05, 4.69) is 48.4 Å². The van der Waals surface area contributed by atoms with Crippen LogP contribution in [0.5, 0.6) is 0 Å². The number of hydrogen-bond acceptors (Lipinski definition) is 4. The van der Waals surface area contributed by atoms with E-state index in [1.165, 1.54) is 5.56 Å². The Morgan fingerprint density at radius 2 is 1.87 bits per heavy atom. The summed E-state index contributed by atoms with van der Waals surface area (Å²) in [6.45, 7) is 6.26. The molecule has 0 unspecified atom stereocenters. The van der Waals surface area contributed by atoms with Crippen LogP contribution < -0.4 is 5.32 Å². The van der Waals surface area contributed by atoms with E-state index in [1.807, 2.05) is 12.1 Å². The molecular formula is C18H25N3O2. The van der Waals surface area contributed by atoms with Gasteiger partial charge >= 0.3 is 0 Å². The summed E-state index contributed by atoms with van der Waals surface area (Å²) in [5, 5.41) is 7.00. The highest BCUT2D eigenvalue weighted by molar-refractivity contribution is 5.76. The lowest BCUT2D eigenvalue weighted by Gasteiger charge is -2.13. The van der Waals surface area contributed by atoms with Gasteiger partial charge in [0.2, 0.25) is 17.6 Å². The molecule has 1 amide bonds. The molecule has 2 aromatic rings. The number of carbonyl (C=O) groups excluding carboxylic acids is 1. The first-order valence-corrected chi connectivity index (χ1v) is 8.37. The molecule has 0 atom stereocenters. The minimum atomic E-state index is 0.0331. The van der Waals surface area contributed by atoms with Gasteiger partial charge < -0.3 is 9.84 Å². The van der Waals surface area contributed by atoms with Crippen molar-refractivity contribution in [2.45, 2.75) is 58.9 Å². The van der Waals surface area contributed by atoms with Gasteiger partial charge in [-0.25, -0.2) is 0 Å². The van der Waals surface area contributed by atoms with Gasteiger partial charge in [0.25, 0.3) is 0 Å². The van der Waals surface area contributed by atoms with E-state index in [9.17, 15) is 4.79 Å². The molecule has 0 radical (unpaired) electrons. The van der Waals surface area contributed by atoms with E-state index < -0.39 is 0 Å². The molecule has 0 saturated heterocycles. The number of rotatable bonds is 8. The number of nitrogens with one attached hydrogen (secondary N) is 1. The number of carbonyl (C=O) groups is 1. The first-order valence-electron chi connectivity index (χ1n) is 8.37. The lowest BCUT2D eigenvalue weighted by Crippen LogP contribution is -2.33. The van der Waals surface area contributed by atoms with Crippen molar-refractivity contribution in [3.8, 4) is 11.4 Å². The van der Waals surface area contributed by atoms with Crippen LogP contribution in [0, 0.1) is 0 Å². The quantitative estimate of drug-likeness (QED) is 0.809. The van der Waals surface area contributed by atoms with Gasteiger partial charge in [-0.15, -0.1) is 0 Å². The van der Waals surface area contributed by atoms with Gasteiger partial charge in [0, 0.05) is 24.4 Å². The van der Waals surface area contributed by atoms with Gasteiger partial charge in [-0.05, 0) is 24.8 Å². The summed E-state index contributed by atoms with van der Waals surface area (Å²) in [5.74, 6) is 1.10. The maximum absolute atomic E-state index is 11.9. The molecule has 2 rings (SSSR count). The normalized spacial score (nSPS) is 11.0. The Morgan fingerprint density at radius 3 is 2.48 bits per heavy atom. The molecule has 0 aliphatic heterocycles. The van der Waals surface area contributed by atoms with Crippen LogP contribution in [0.15, 0.2) is 28.8 Å². The van der Waals surface area contributed by atoms with Crippen LogP contribution in [0.2, 0.25) is 0 Å². The maximum Gasteiger partial charge on any atom is 0.227 e. The van der Waals surface area contributed by atoms with Gasteiger partial charge in [-0.2, -0.15) is 4.98 Å².